The van der Waals surface area contributed by atoms with E-state index in [1.807, 2.05) is 0 Å². The van der Waals surface area contributed by atoms with Gasteiger partial charge in [0.15, 0.2) is 0 Å². The van der Waals surface area contributed by atoms with Crippen molar-refractivity contribution < 1.29 is 14.7 Å². The molecule has 90 valence electrons. The Hall–Kier alpha value is -1.55. The quantitative estimate of drug-likeness (QED) is 0.870. The van der Waals surface area contributed by atoms with Gasteiger partial charge < -0.3 is 10.4 Å². The molecule has 0 heterocycles. The minimum Gasteiger partial charge on any atom is -0.478 e. The fourth-order valence-electron chi connectivity index (χ4n) is 1.71. The maximum Gasteiger partial charge on any atom is 0.337 e. The summed E-state index contributed by atoms with van der Waals surface area (Å²) in [6.07, 6.45) is 2.81. The number of carboxylic acids is 1. The molecule has 1 aromatic carbocycles. The highest BCUT2D eigenvalue weighted by Crippen LogP contribution is 2.28. The summed E-state index contributed by atoms with van der Waals surface area (Å²) in [6, 6.07) is 4.41. The van der Waals surface area contributed by atoms with Gasteiger partial charge >= 0.3 is 5.97 Å². The average Bonchev–Trinajstić information content (AvgIpc) is 2.17. The van der Waals surface area contributed by atoms with E-state index in [1.54, 1.807) is 6.07 Å². The second-order valence-corrected chi connectivity index (χ2v) is 4.55. The van der Waals surface area contributed by atoms with E-state index in [4.69, 9.17) is 16.7 Å². The Morgan fingerprint density at radius 3 is 2.59 bits per heavy atom. The number of amides is 1. The van der Waals surface area contributed by atoms with Crippen molar-refractivity contribution in [3.63, 3.8) is 0 Å². The Bertz CT molecular complexity index is 469. The normalized spacial score (nSPS) is 15.1. The second kappa shape index (κ2) is 4.75. The van der Waals surface area contributed by atoms with Crippen LogP contribution in [-0.4, -0.2) is 17.0 Å². The summed E-state index contributed by atoms with van der Waals surface area (Å²) in [4.78, 5) is 22.7. The van der Waals surface area contributed by atoms with Crippen LogP contribution in [-0.2, 0) is 4.79 Å². The van der Waals surface area contributed by atoms with Gasteiger partial charge in [0.1, 0.15) is 0 Å². The number of carbonyl (C=O) groups is 2. The maximum atomic E-state index is 11.7. The molecule has 1 aromatic rings. The lowest BCUT2D eigenvalue weighted by Crippen LogP contribution is -2.28. The van der Waals surface area contributed by atoms with Gasteiger partial charge in [0.05, 0.1) is 11.3 Å². The Morgan fingerprint density at radius 1 is 1.35 bits per heavy atom. The lowest BCUT2D eigenvalue weighted by molar-refractivity contribution is -0.122. The van der Waals surface area contributed by atoms with Crippen molar-refractivity contribution in [3.05, 3.63) is 28.8 Å². The predicted molar refractivity (Wildman–Crippen MR) is 64.4 cm³/mol. The number of halogens is 1. The molecule has 0 saturated heterocycles. The summed E-state index contributed by atoms with van der Waals surface area (Å²) in [7, 11) is 0. The van der Waals surface area contributed by atoms with Crippen molar-refractivity contribution in [2.45, 2.75) is 19.3 Å². The monoisotopic (exact) mass is 253 g/mol. The lowest BCUT2D eigenvalue weighted by Gasteiger charge is -2.24. The molecule has 0 atom stereocenters. The number of hydrogen-bond donors (Lipinski definition) is 2. The Morgan fingerprint density at radius 2 is 2.06 bits per heavy atom. The van der Waals surface area contributed by atoms with E-state index in [0.29, 0.717) is 10.7 Å². The number of carbonyl (C=O) groups excluding carboxylic acids is 1. The summed E-state index contributed by atoms with van der Waals surface area (Å²) in [6.45, 7) is 0. The van der Waals surface area contributed by atoms with Gasteiger partial charge in [0, 0.05) is 10.9 Å². The molecular formula is C12H12ClNO3. The standard InChI is InChI=1S/C12H12ClNO3/c13-8-4-5-10(9(6-8)12(16)17)14-11(15)7-2-1-3-7/h4-7H,1-3H2,(H,14,15)(H,16,17). The largest absolute Gasteiger partial charge is 0.478 e. The van der Waals surface area contributed by atoms with Crippen molar-refractivity contribution in [2.75, 3.05) is 5.32 Å². The Kier molecular flexibility index (Phi) is 3.33. The lowest BCUT2D eigenvalue weighted by atomic mass is 9.85. The van der Waals surface area contributed by atoms with Gasteiger partial charge in [-0.25, -0.2) is 4.79 Å². The third-order valence-electron chi connectivity index (χ3n) is 2.95. The molecule has 0 spiro atoms. The van der Waals surface area contributed by atoms with E-state index in [-0.39, 0.29) is 17.4 Å². The van der Waals surface area contributed by atoms with E-state index < -0.39 is 5.97 Å². The van der Waals surface area contributed by atoms with Crippen LogP contribution < -0.4 is 5.32 Å². The van der Waals surface area contributed by atoms with E-state index >= 15 is 0 Å². The third-order valence-corrected chi connectivity index (χ3v) is 3.18. The van der Waals surface area contributed by atoms with Crippen LogP contribution in [0.4, 0.5) is 5.69 Å². The first-order chi connectivity index (χ1) is 8.08. The van der Waals surface area contributed by atoms with Crippen LogP contribution in [0, 0.1) is 5.92 Å². The number of carboxylic acid groups (broad SMARTS) is 1. The molecule has 1 aliphatic rings. The number of anilines is 1. The van der Waals surface area contributed by atoms with Crippen molar-refractivity contribution >= 4 is 29.2 Å². The van der Waals surface area contributed by atoms with Crippen LogP contribution in [0.3, 0.4) is 0 Å². The highest BCUT2D eigenvalue weighted by Gasteiger charge is 2.26. The fourth-order valence-corrected chi connectivity index (χ4v) is 1.88. The highest BCUT2D eigenvalue weighted by atomic mass is 35.5. The minimum absolute atomic E-state index is 0.0187. The summed E-state index contributed by atoms with van der Waals surface area (Å²) >= 11 is 5.72. The number of hydrogen-bond acceptors (Lipinski definition) is 2. The molecule has 1 aliphatic carbocycles. The predicted octanol–water partition coefficient (Wildman–Crippen LogP) is 2.78. The number of nitrogens with one attached hydrogen (secondary N) is 1. The van der Waals surface area contributed by atoms with Crippen LogP contribution in [0.5, 0.6) is 0 Å². The first kappa shape index (κ1) is 11.9. The molecule has 1 fully saturated rings. The molecule has 0 aromatic heterocycles. The van der Waals surface area contributed by atoms with Crippen LogP contribution in [0.1, 0.15) is 29.6 Å². The topological polar surface area (TPSA) is 66.4 Å². The molecule has 5 heteroatoms. The third kappa shape index (κ3) is 2.58. The van der Waals surface area contributed by atoms with Gasteiger partial charge in [-0.3, -0.25) is 4.79 Å². The zero-order chi connectivity index (χ0) is 12.4. The highest BCUT2D eigenvalue weighted by molar-refractivity contribution is 6.31. The van der Waals surface area contributed by atoms with Gasteiger partial charge in [0.25, 0.3) is 0 Å². The molecule has 1 amide bonds. The van der Waals surface area contributed by atoms with Gasteiger partial charge in [-0.2, -0.15) is 0 Å². The molecule has 1 saturated carbocycles. The smallest absolute Gasteiger partial charge is 0.337 e. The summed E-state index contributed by atoms with van der Waals surface area (Å²) in [5, 5.41) is 12.0. The molecule has 0 radical (unpaired) electrons. The number of aromatic carboxylic acids is 1. The first-order valence-electron chi connectivity index (χ1n) is 5.41. The fraction of sp³-hybridized carbons (Fsp3) is 0.333. The Labute approximate surface area is 104 Å². The summed E-state index contributed by atoms with van der Waals surface area (Å²) < 4.78 is 0. The Balaban J connectivity index is 2.19. The average molecular weight is 254 g/mol. The SMILES string of the molecule is O=C(O)c1cc(Cl)ccc1NC(=O)C1CCC1. The molecule has 0 bridgehead atoms. The molecule has 4 nitrogen and oxygen atoms in total. The van der Waals surface area contributed by atoms with Crippen molar-refractivity contribution in [1.29, 1.82) is 0 Å². The summed E-state index contributed by atoms with van der Waals surface area (Å²) in [5.74, 6) is -1.19. The van der Waals surface area contributed by atoms with Crippen molar-refractivity contribution in [2.24, 2.45) is 5.92 Å². The van der Waals surface area contributed by atoms with E-state index in [2.05, 4.69) is 5.32 Å². The van der Waals surface area contributed by atoms with E-state index in [1.165, 1.54) is 12.1 Å². The van der Waals surface area contributed by atoms with Crippen molar-refractivity contribution in [1.82, 2.24) is 0 Å². The van der Waals surface area contributed by atoms with Crippen molar-refractivity contribution in [3.8, 4) is 0 Å². The van der Waals surface area contributed by atoms with Crippen LogP contribution in [0.15, 0.2) is 18.2 Å². The molecule has 0 aliphatic heterocycles. The van der Waals surface area contributed by atoms with Gasteiger partial charge in [0.2, 0.25) is 5.91 Å². The zero-order valence-electron chi connectivity index (χ0n) is 9.07. The number of rotatable bonds is 3. The van der Waals surface area contributed by atoms with Gasteiger partial charge in [-0.15, -0.1) is 0 Å². The maximum absolute atomic E-state index is 11.7. The summed E-state index contributed by atoms with van der Waals surface area (Å²) in [5.41, 5.74) is 0.323. The minimum atomic E-state index is -1.10. The van der Waals surface area contributed by atoms with E-state index in [0.717, 1.165) is 19.3 Å². The van der Waals surface area contributed by atoms with Gasteiger partial charge in [-0.05, 0) is 31.0 Å². The molecule has 2 rings (SSSR count). The van der Waals surface area contributed by atoms with Crippen LogP contribution in [0.25, 0.3) is 0 Å². The number of benzene rings is 1. The van der Waals surface area contributed by atoms with Crippen LogP contribution in [0.2, 0.25) is 5.02 Å². The van der Waals surface area contributed by atoms with Crippen LogP contribution >= 0.6 is 11.6 Å². The molecule has 17 heavy (non-hydrogen) atoms. The zero-order valence-corrected chi connectivity index (χ0v) is 9.83. The molecule has 0 unspecified atom stereocenters. The van der Waals surface area contributed by atoms with Gasteiger partial charge in [-0.1, -0.05) is 18.0 Å². The molecule has 2 N–H and O–H groups in total. The first-order valence-corrected chi connectivity index (χ1v) is 5.79. The second-order valence-electron chi connectivity index (χ2n) is 4.11. The molecular weight excluding hydrogens is 242 g/mol. The van der Waals surface area contributed by atoms with E-state index in [9.17, 15) is 9.59 Å².